The van der Waals surface area contributed by atoms with E-state index in [0.29, 0.717) is 23.3 Å². The highest BCUT2D eigenvalue weighted by atomic mass is 19.1. The summed E-state index contributed by atoms with van der Waals surface area (Å²) in [5.41, 5.74) is 2.70. The molecule has 2 aromatic rings. The first kappa shape index (κ1) is 18.6. The Kier molecular flexibility index (Phi) is 5.21. The molecule has 6 nitrogen and oxygen atoms in total. The summed E-state index contributed by atoms with van der Waals surface area (Å²) in [6.45, 7) is 1.87. The van der Waals surface area contributed by atoms with Crippen LogP contribution in [0.2, 0.25) is 0 Å². The molecular weight excluding hydrogens is 351 g/mol. The average Bonchev–Trinajstić information content (AvgIpc) is 3.07. The zero-order valence-corrected chi connectivity index (χ0v) is 14.7. The van der Waals surface area contributed by atoms with Crippen LogP contribution in [0.25, 0.3) is 0 Å². The van der Waals surface area contributed by atoms with Crippen LogP contribution in [0.4, 0.5) is 4.39 Å². The third-order valence-corrected chi connectivity index (χ3v) is 4.44. The number of rotatable bonds is 5. The minimum absolute atomic E-state index is 0.0391. The van der Waals surface area contributed by atoms with Crippen LogP contribution in [0.3, 0.4) is 0 Å². The van der Waals surface area contributed by atoms with Gasteiger partial charge in [0.2, 0.25) is 5.91 Å². The van der Waals surface area contributed by atoms with E-state index in [1.807, 2.05) is 6.92 Å². The minimum Gasteiger partial charge on any atom is -0.508 e. The molecule has 0 aromatic heterocycles. The number of halogens is 1. The van der Waals surface area contributed by atoms with Crippen molar-refractivity contribution in [3.05, 3.63) is 65.0 Å². The number of benzene rings is 2. The lowest BCUT2D eigenvalue weighted by molar-refractivity contribution is -0.141. The summed E-state index contributed by atoms with van der Waals surface area (Å²) in [5.74, 6) is -1.85. The van der Waals surface area contributed by atoms with Crippen molar-refractivity contribution < 1.29 is 24.2 Å². The van der Waals surface area contributed by atoms with Crippen LogP contribution in [0, 0.1) is 12.7 Å². The monoisotopic (exact) mass is 370 g/mol. The maximum atomic E-state index is 13.2. The van der Waals surface area contributed by atoms with Gasteiger partial charge in [-0.05, 0) is 30.7 Å². The normalized spacial score (nSPS) is 16.3. The SMILES string of the molecule is Cc1ccc(O)c([C@@H]2CC(c3ccc(F)cc3)=NN2C(=O)CCC(=O)O)c1. The van der Waals surface area contributed by atoms with Gasteiger partial charge < -0.3 is 10.2 Å². The van der Waals surface area contributed by atoms with Gasteiger partial charge in [0.1, 0.15) is 11.6 Å². The number of hydrogen-bond acceptors (Lipinski definition) is 4. The Morgan fingerprint density at radius 1 is 1.19 bits per heavy atom. The third kappa shape index (κ3) is 4.13. The van der Waals surface area contributed by atoms with E-state index in [1.165, 1.54) is 17.1 Å². The predicted molar refractivity (Wildman–Crippen MR) is 96.9 cm³/mol. The van der Waals surface area contributed by atoms with E-state index in [2.05, 4.69) is 5.10 Å². The lowest BCUT2D eigenvalue weighted by Gasteiger charge is -2.23. The number of carbonyl (C=O) groups is 2. The summed E-state index contributed by atoms with van der Waals surface area (Å²) in [7, 11) is 0. The Bertz CT molecular complexity index is 909. The minimum atomic E-state index is -1.07. The van der Waals surface area contributed by atoms with Crippen molar-refractivity contribution in [1.82, 2.24) is 5.01 Å². The van der Waals surface area contributed by atoms with Gasteiger partial charge in [-0.2, -0.15) is 5.10 Å². The number of carboxylic acids is 1. The second kappa shape index (κ2) is 7.57. The first-order valence-electron chi connectivity index (χ1n) is 8.52. The van der Waals surface area contributed by atoms with Crippen LogP contribution in [-0.2, 0) is 9.59 Å². The fourth-order valence-corrected chi connectivity index (χ4v) is 3.07. The molecule has 2 aromatic carbocycles. The van der Waals surface area contributed by atoms with Crippen LogP contribution in [0.5, 0.6) is 5.75 Å². The number of aliphatic carboxylic acids is 1. The number of hydrogen-bond donors (Lipinski definition) is 2. The Hall–Kier alpha value is -3.22. The summed E-state index contributed by atoms with van der Waals surface area (Å²) in [4.78, 5) is 23.4. The van der Waals surface area contributed by atoms with Gasteiger partial charge in [-0.25, -0.2) is 9.40 Å². The molecule has 0 saturated heterocycles. The average molecular weight is 370 g/mol. The van der Waals surface area contributed by atoms with Crippen molar-refractivity contribution in [3.63, 3.8) is 0 Å². The molecule has 0 saturated carbocycles. The summed E-state index contributed by atoms with van der Waals surface area (Å²) >= 11 is 0. The summed E-state index contributed by atoms with van der Waals surface area (Å²) in [6, 6.07) is 10.3. The molecule has 1 aliphatic heterocycles. The van der Waals surface area contributed by atoms with Gasteiger partial charge in [0.15, 0.2) is 0 Å². The summed E-state index contributed by atoms with van der Waals surface area (Å²) in [5, 5.41) is 24.7. The standard InChI is InChI=1S/C20H19FN2O4/c1-12-2-7-18(24)15(10-12)17-11-16(13-3-5-14(21)6-4-13)22-23(17)19(25)8-9-20(26)27/h2-7,10,17,24H,8-9,11H2,1H3,(H,26,27)/t17-/m0/s1. The number of phenols is 1. The number of aromatic hydroxyl groups is 1. The Morgan fingerprint density at radius 3 is 2.56 bits per heavy atom. The summed E-state index contributed by atoms with van der Waals surface area (Å²) < 4.78 is 13.2. The first-order valence-corrected chi connectivity index (χ1v) is 8.52. The zero-order valence-electron chi connectivity index (χ0n) is 14.7. The molecule has 1 aliphatic rings. The van der Waals surface area contributed by atoms with E-state index < -0.39 is 17.9 Å². The number of hydrazone groups is 1. The van der Waals surface area contributed by atoms with Crippen LogP contribution in [-0.4, -0.2) is 32.8 Å². The highest BCUT2D eigenvalue weighted by molar-refractivity contribution is 6.03. The molecule has 0 aliphatic carbocycles. The molecule has 27 heavy (non-hydrogen) atoms. The van der Waals surface area contributed by atoms with Crippen molar-refractivity contribution in [2.75, 3.05) is 0 Å². The fourth-order valence-electron chi connectivity index (χ4n) is 3.07. The molecule has 2 N–H and O–H groups in total. The number of carbonyl (C=O) groups excluding carboxylic acids is 1. The van der Waals surface area contributed by atoms with E-state index in [9.17, 15) is 19.1 Å². The van der Waals surface area contributed by atoms with Gasteiger partial charge in [0, 0.05) is 18.4 Å². The van der Waals surface area contributed by atoms with E-state index in [4.69, 9.17) is 5.11 Å². The lowest BCUT2D eigenvalue weighted by atomic mass is 9.96. The molecule has 1 heterocycles. The topological polar surface area (TPSA) is 90.2 Å². The van der Waals surface area contributed by atoms with Gasteiger partial charge in [0.05, 0.1) is 18.2 Å². The third-order valence-electron chi connectivity index (χ3n) is 4.44. The maximum Gasteiger partial charge on any atom is 0.303 e. The largest absolute Gasteiger partial charge is 0.508 e. The van der Waals surface area contributed by atoms with Gasteiger partial charge in [-0.1, -0.05) is 29.8 Å². The molecule has 1 amide bonds. The molecule has 7 heteroatoms. The predicted octanol–water partition coefficient (Wildman–Crippen LogP) is 3.38. The lowest BCUT2D eigenvalue weighted by Crippen LogP contribution is -2.27. The molecule has 0 fully saturated rings. The van der Waals surface area contributed by atoms with Crippen molar-refractivity contribution in [3.8, 4) is 5.75 Å². The molecule has 0 spiro atoms. The smallest absolute Gasteiger partial charge is 0.303 e. The second-order valence-corrected chi connectivity index (χ2v) is 6.47. The van der Waals surface area contributed by atoms with Crippen molar-refractivity contribution >= 4 is 17.6 Å². The van der Waals surface area contributed by atoms with Crippen LogP contribution >= 0.6 is 0 Å². The number of aryl methyl sites for hydroxylation is 1. The maximum absolute atomic E-state index is 13.2. The number of amides is 1. The molecule has 1 atom stereocenters. The Morgan fingerprint density at radius 2 is 1.89 bits per heavy atom. The van der Waals surface area contributed by atoms with Gasteiger partial charge in [-0.15, -0.1) is 0 Å². The van der Waals surface area contributed by atoms with E-state index in [0.717, 1.165) is 5.56 Å². The van der Waals surface area contributed by atoms with E-state index in [1.54, 1.807) is 30.3 Å². The molecule has 0 radical (unpaired) electrons. The highest BCUT2D eigenvalue weighted by Gasteiger charge is 2.34. The zero-order chi connectivity index (χ0) is 19.6. The van der Waals surface area contributed by atoms with Gasteiger partial charge in [0.25, 0.3) is 0 Å². The molecular formula is C20H19FN2O4. The Balaban J connectivity index is 1.96. The van der Waals surface area contributed by atoms with Crippen LogP contribution in [0.15, 0.2) is 47.6 Å². The summed E-state index contributed by atoms with van der Waals surface area (Å²) in [6.07, 6.45) is -0.163. The molecule has 3 rings (SSSR count). The van der Waals surface area contributed by atoms with Crippen molar-refractivity contribution in [2.24, 2.45) is 5.10 Å². The highest BCUT2D eigenvalue weighted by Crippen LogP contribution is 2.38. The van der Waals surface area contributed by atoms with Crippen molar-refractivity contribution in [1.29, 1.82) is 0 Å². The molecule has 0 unspecified atom stereocenters. The van der Waals surface area contributed by atoms with Gasteiger partial charge >= 0.3 is 5.97 Å². The van der Waals surface area contributed by atoms with Crippen LogP contribution < -0.4 is 0 Å². The second-order valence-electron chi connectivity index (χ2n) is 6.47. The van der Waals surface area contributed by atoms with E-state index >= 15 is 0 Å². The Labute approximate surface area is 155 Å². The number of carboxylic acid groups (broad SMARTS) is 1. The van der Waals surface area contributed by atoms with E-state index in [-0.39, 0.29) is 24.4 Å². The van der Waals surface area contributed by atoms with Crippen LogP contribution in [0.1, 0.15) is 42.0 Å². The quantitative estimate of drug-likeness (QED) is 0.844. The first-order chi connectivity index (χ1) is 12.8. The molecule has 140 valence electrons. The molecule has 0 bridgehead atoms. The van der Waals surface area contributed by atoms with Gasteiger partial charge in [-0.3, -0.25) is 9.59 Å². The van der Waals surface area contributed by atoms with Crippen molar-refractivity contribution in [2.45, 2.75) is 32.2 Å². The number of nitrogens with zero attached hydrogens (tertiary/aromatic N) is 2. The fraction of sp³-hybridized carbons (Fsp3) is 0.250. The number of phenolic OH excluding ortho intramolecular Hbond substituents is 1.